The molecule has 4 heteroatoms. The lowest BCUT2D eigenvalue weighted by molar-refractivity contribution is 0.208. The van der Waals surface area contributed by atoms with Crippen molar-refractivity contribution in [2.45, 2.75) is 50.7 Å². The van der Waals surface area contributed by atoms with Crippen LogP contribution in [0.1, 0.15) is 37.7 Å². The van der Waals surface area contributed by atoms with Crippen molar-refractivity contribution in [2.24, 2.45) is 0 Å². The van der Waals surface area contributed by atoms with Crippen molar-refractivity contribution in [3.8, 4) is 0 Å². The van der Waals surface area contributed by atoms with Gasteiger partial charge < -0.3 is 5.32 Å². The molecule has 0 amide bonds. The van der Waals surface area contributed by atoms with Gasteiger partial charge in [0, 0.05) is 30.2 Å². The number of hydrogen-bond donors (Lipinski definition) is 1. The third-order valence-electron chi connectivity index (χ3n) is 4.31. The molecule has 1 saturated heterocycles. The van der Waals surface area contributed by atoms with Gasteiger partial charge in [0.15, 0.2) is 0 Å². The van der Waals surface area contributed by atoms with Crippen molar-refractivity contribution < 1.29 is 4.39 Å². The van der Waals surface area contributed by atoms with Crippen molar-refractivity contribution in [1.82, 2.24) is 10.2 Å². The number of rotatable bonds is 5. The van der Waals surface area contributed by atoms with Crippen LogP contribution < -0.4 is 5.32 Å². The molecular formula is C16H22ClFN2. The van der Waals surface area contributed by atoms with Crippen LogP contribution in [0, 0.1) is 5.82 Å². The Bertz CT molecular complexity index is 456. The average molecular weight is 297 g/mol. The maximum atomic E-state index is 13.4. The highest BCUT2D eigenvalue weighted by Gasteiger charge is 2.31. The van der Waals surface area contributed by atoms with Crippen molar-refractivity contribution in [3.05, 3.63) is 34.6 Å². The lowest BCUT2D eigenvalue weighted by Crippen LogP contribution is -2.44. The Hall–Kier alpha value is -0.640. The van der Waals surface area contributed by atoms with E-state index < -0.39 is 0 Å². The van der Waals surface area contributed by atoms with E-state index in [1.807, 2.05) is 0 Å². The van der Waals surface area contributed by atoms with E-state index >= 15 is 0 Å². The summed E-state index contributed by atoms with van der Waals surface area (Å²) in [5.41, 5.74) is 0.911. The van der Waals surface area contributed by atoms with Crippen LogP contribution in [0.3, 0.4) is 0 Å². The lowest BCUT2D eigenvalue weighted by Gasteiger charge is -2.31. The standard InChI is InChI=1S/C16H22ClFN2/c17-16-7-4-13(18)9-12(16)10-20(15-5-6-15)11-14-3-1-2-8-19-14/h4,7,9,14-15,19H,1-3,5-6,8,10-11H2. The summed E-state index contributed by atoms with van der Waals surface area (Å²) in [7, 11) is 0. The third-order valence-corrected chi connectivity index (χ3v) is 4.68. The average Bonchev–Trinajstić information content (AvgIpc) is 3.28. The van der Waals surface area contributed by atoms with E-state index in [4.69, 9.17) is 11.6 Å². The Balaban J connectivity index is 1.66. The van der Waals surface area contributed by atoms with Crippen LogP contribution in [-0.4, -0.2) is 30.1 Å². The summed E-state index contributed by atoms with van der Waals surface area (Å²) in [6, 6.07) is 5.91. The molecule has 0 spiro atoms. The molecule has 1 aliphatic heterocycles. The second-order valence-corrected chi connectivity index (χ2v) is 6.45. The van der Waals surface area contributed by atoms with Gasteiger partial charge in [0.25, 0.3) is 0 Å². The molecular weight excluding hydrogens is 275 g/mol. The number of nitrogens with zero attached hydrogens (tertiary/aromatic N) is 1. The molecule has 0 bridgehead atoms. The molecule has 1 aliphatic carbocycles. The smallest absolute Gasteiger partial charge is 0.123 e. The fourth-order valence-corrected chi connectivity index (χ4v) is 3.21. The molecule has 1 aromatic carbocycles. The SMILES string of the molecule is Fc1ccc(Cl)c(CN(CC2CCCCN2)C2CC2)c1. The van der Waals surface area contributed by atoms with Crippen molar-refractivity contribution in [2.75, 3.05) is 13.1 Å². The number of piperidine rings is 1. The molecule has 2 nitrogen and oxygen atoms in total. The molecule has 0 aromatic heterocycles. The first-order valence-corrected chi connectivity index (χ1v) is 8.01. The summed E-state index contributed by atoms with van der Waals surface area (Å²) >= 11 is 6.20. The van der Waals surface area contributed by atoms with E-state index in [2.05, 4.69) is 10.2 Å². The maximum absolute atomic E-state index is 13.4. The lowest BCUT2D eigenvalue weighted by atomic mass is 10.0. The van der Waals surface area contributed by atoms with Gasteiger partial charge in [-0.25, -0.2) is 4.39 Å². The van der Waals surface area contributed by atoms with E-state index in [1.165, 1.54) is 38.2 Å². The number of halogens is 2. The van der Waals surface area contributed by atoms with E-state index in [9.17, 15) is 4.39 Å². The van der Waals surface area contributed by atoms with Gasteiger partial charge in [0.2, 0.25) is 0 Å². The minimum Gasteiger partial charge on any atom is -0.313 e. The monoisotopic (exact) mass is 296 g/mol. The van der Waals surface area contributed by atoms with Crippen molar-refractivity contribution in [3.63, 3.8) is 0 Å². The molecule has 3 rings (SSSR count). The summed E-state index contributed by atoms with van der Waals surface area (Å²) in [6.45, 7) is 2.95. The Morgan fingerprint density at radius 1 is 1.25 bits per heavy atom. The zero-order valence-electron chi connectivity index (χ0n) is 11.7. The van der Waals surface area contributed by atoms with Gasteiger partial charge in [-0.3, -0.25) is 4.90 Å². The molecule has 0 radical (unpaired) electrons. The summed E-state index contributed by atoms with van der Waals surface area (Å²) in [5.74, 6) is -0.198. The summed E-state index contributed by atoms with van der Waals surface area (Å²) < 4.78 is 13.4. The zero-order valence-corrected chi connectivity index (χ0v) is 12.5. The molecule has 1 saturated carbocycles. The highest BCUT2D eigenvalue weighted by atomic mass is 35.5. The first kappa shape index (κ1) is 14.3. The molecule has 2 aliphatic rings. The van der Waals surface area contributed by atoms with Crippen LogP contribution in [0.25, 0.3) is 0 Å². The Morgan fingerprint density at radius 2 is 2.10 bits per heavy atom. The van der Waals surface area contributed by atoms with Gasteiger partial charge in [-0.1, -0.05) is 18.0 Å². The van der Waals surface area contributed by atoms with Crippen molar-refractivity contribution >= 4 is 11.6 Å². The predicted octanol–water partition coefficient (Wildman–Crippen LogP) is 3.59. The molecule has 110 valence electrons. The fraction of sp³-hybridized carbons (Fsp3) is 0.625. The molecule has 1 unspecified atom stereocenters. The summed E-state index contributed by atoms with van der Waals surface area (Å²) in [6.07, 6.45) is 6.38. The molecule has 1 heterocycles. The molecule has 2 fully saturated rings. The number of hydrogen-bond acceptors (Lipinski definition) is 2. The van der Waals surface area contributed by atoms with Crippen LogP contribution in [0.5, 0.6) is 0 Å². The van der Waals surface area contributed by atoms with Crippen molar-refractivity contribution in [1.29, 1.82) is 0 Å². The highest BCUT2D eigenvalue weighted by Crippen LogP contribution is 2.30. The van der Waals surface area contributed by atoms with Gasteiger partial charge in [-0.2, -0.15) is 0 Å². The van der Waals surface area contributed by atoms with E-state index in [0.29, 0.717) is 17.1 Å². The van der Waals surface area contributed by atoms with Crippen LogP contribution in [0.15, 0.2) is 18.2 Å². The number of benzene rings is 1. The van der Waals surface area contributed by atoms with Crippen LogP contribution in [-0.2, 0) is 6.54 Å². The van der Waals surface area contributed by atoms with Crippen LogP contribution >= 0.6 is 11.6 Å². The van der Waals surface area contributed by atoms with E-state index in [0.717, 1.165) is 25.2 Å². The second kappa shape index (κ2) is 6.42. The molecule has 1 N–H and O–H groups in total. The topological polar surface area (TPSA) is 15.3 Å². The van der Waals surface area contributed by atoms with E-state index in [1.54, 1.807) is 12.1 Å². The van der Waals surface area contributed by atoms with Gasteiger partial charge in [0.1, 0.15) is 5.82 Å². The minimum absolute atomic E-state index is 0.198. The van der Waals surface area contributed by atoms with Crippen LogP contribution in [0.4, 0.5) is 4.39 Å². The van der Waals surface area contributed by atoms with E-state index in [-0.39, 0.29) is 5.82 Å². The first-order valence-electron chi connectivity index (χ1n) is 7.64. The molecule has 20 heavy (non-hydrogen) atoms. The quantitative estimate of drug-likeness (QED) is 0.893. The minimum atomic E-state index is -0.198. The predicted molar refractivity (Wildman–Crippen MR) is 80.5 cm³/mol. The summed E-state index contributed by atoms with van der Waals surface area (Å²) in [4.78, 5) is 2.48. The Kier molecular flexibility index (Phi) is 4.59. The maximum Gasteiger partial charge on any atom is 0.123 e. The summed E-state index contributed by atoms with van der Waals surface area (Å²) in [5, 5.41) is 4.27. The normalized spacial score (nSPS) is 23.2. The van der Waals surface area contributed by atoms with Gasteiger partial charge in [-0.15, -0.1) is 0 Å². The zero-order chi connectivity index (χ0) is 13.9. The Labute approximate surface area is 125 Å². The van der Waals surface area contributed by atoms with Gasteiger partial charge in [-0.05, 0) is 56.0 Å². The third kappa shape index (κ3) is 3.72. The Morgan fingerprint density at radius 3 is 2.80 bits per heavy atom. The highest BCUT2D eigenvalue weighted by molar-refractivity contribution is 6.31. The first-order chi connectivity index (χ1) is 9.72. The van der Waals surface area contributed by atoms with Crippen LogP contribution in [0.2, 0.25) is 5.02 Å². The van der Waals surface area contributed by atoms with Gasteiger partial charge in [0.05, 0.1) is 0 Å². The molecule has 1 aromatic rings. The fourth-order valence-electron chi connectivity index (χ4n) is 3.03. The largest absolute Gasteiger partial charge is 0.313 e. The van der Waals surface area contributed by atoms with Gasteiger partial charge >= 0.3 is 0 Å². The number of nitrogens with one attached hydrogen (secondary N) is 1. The second-order valence-electron chi connectivity index (χ2n) is 6.04. The molecule has 1 atom stereocenters.